The van der Waals surface area contributed by atoms with Gasteiger partial charge in [-0.05, 0) is 44.1 Å². The van der Waals surface area contributed by atoms with Gasteiger partial charge in [0, 0.05) is 23.2 Å². The molecule has 21 heavy (non-hydrogen) atoms. The van der Waals surface area contributed by atoms with Crippen LogP contribution in [0.5, 0.6) is 0 Å². The quantitative estimate of drug-likeness (QED) is 0.681. The first-order valence-electron chi connectivity index (χ1n) is 7.09. The number of anilines is 1. The Kier molecular flexibility index (Phi) is 7.12. The fraction of sp³-hybridized carbons (Fsp3) is 0.571. The van der Waals surface area contributed by atoms with E-state index in [1.165, 1.54) is 0 Å². The fourth-order valence-electron chi connectivity index (χ4n) is 2.11. The molecule has 1 aromatic carbocycles. The second-order valence-corrected chi connectivity index (χ2v) is 7.60. The summed E-state index contributed by atoms with van der Waals surface area (Å²) < 4.78 is 28.1. The average molecular weight is 378 g/mol. The minimum absolute atomic E-state index is 0.230. The maximum Gasteiger partial charge on any atom is 0.240 e. The summed E-state index contributed by atoms with van der Waals surface area (Å²) in [4.78, 5) is 2.44. The lowest BCUT2D eigenvalue weighted by Gasteiger charge is -2.20. The van der Waals surface area contributed by atoms with E-state index in [9.17, 15) is 8.42 Å². The van der Waals surface area contributed by atoms with Crippen molar-refractivity contribution in [2.75, 3.05) is 31.9 Å². The molecule has 7 heteroatoms. The third-order valence-corrected chi connectivity index (χ3v) is 5.41. The van der Waals surface area contributed by atoms with Gasteiger partial charge in [0.2, 0.25) is 10.0 Å². The van der Waals surface area contributed by atoms with Crippen molar-refractivity contribution in [1.29, 1.82) is 0 Å². The Bertz CT molecular complexity index is 576. The van der Waals surface area contributed by atoms with Crippen molar-refractivity contribution < 1.29 is 8.42 Å². The van der Waals surface area contributed by atoms with E-state index in [-0.39, 0.29) is 4.90 Å². The zero-order valence-corrected chi connectivity index (χ0v) is 15.2. The van der Waals surface area contributed by atoms with Crippen molar-refractivity contribution in [2.45, 2.75) is 32.1 Å². The third kappa shape index (κ3) is 5.25. The Morgan fingerprint density at radius 1 is 1.29 bits per heavy atom. The zero-order chi connectivity index (χ0) is 16.0. The molecule has 0 fully saturated rings. The molecular formula is C14H24BrN3O2S. The van der Waals surface area contributed by atoms with Crippen molar-refractivity contribution in [3.63, 3.8) is 0 Å². The maximum absolute atomic E-state index is 12.4. The van der Waals surface area contributed by atoms with E-state index >= 15 is 0 Å². The van der Waals surface area contributed by atoms with Gasteiger partial charge in [0.1, 0.15) is 0 Å². The van der Waals surface area contributed by atoms with Gasteiger partial charge in [-0.3, -0.25) is 0 Å². The van der Waals surface area contributed by atoms with E-state index in [0.717, 1.165) is 19.5 Å². The summed E-state index contributed by atoms with van der Waals surface area (Å²) >= 11 is 3.28. The summed E-state index contributed by atoms with van der Waals surface area (Å²) in [6.45, 7) is 8.88. The Morgan fingerprint density at radius 3 is 2.52 bits per heavy atom. The Morgan fingerprint density at radius 2 is 1.95 bits per heavy atom. The highest BCUT2D eigenvalue weighted by Crippen LogP contribution is 2.26. The number of hydrogen-bond acceptors (Lipinski definition) is 4. The van der Waals surface area contributed by atoms with Gasteiger partial charge in [-0.1, -0.05) is 29.8 Å². The van der Waals surface area contributed by atoms with Crippen LogP contribution in [0.25, 0.3) is 0 Å². The van der Waals surface area contributed by atoms with Crippen LogP contribution in [-0.2, 0) is 10.0 Å². The van der Waals surface area contributed by atoms with Crippen molar-refractivity contribution in [3.8, 4) is 0 Å². The highest BCUT2D eigenvalue weighted by Gasteiger charge is 2.18. The molecule has 0 spiro atoms. The van der Waals surface area contributed by atoms with Crippen molar-refractivity contribution >= 4 is 31.6 Å². The molecule has 0 unspecified atom stereocenters. The van der Waals surface area contributed by atoms with Crippen molar-refractivity contribution in [2.24, 2.45) is 0 Å². The minimum atomic E-state index is -3.54. The average Bonchev–Trinajstić information content (AvgIpc) is 2.41. The zero-order valence-electron chi connectivity index (χ0n) is 12.8. The number of nitrogens with zero attached hydrogens (tertiary/aromatic N) is 1. The SMILES string of the molecule is CCCN(CC)CCNS(=O)(=O)c1cc(Br)cc(N)c1C. The van der Waals surface area contributed by atoms with Crippen molar-refractivity contribution in [1.82, 2.24) is 9.62 Å². The number of nitrogens with two attached hydrogens (primary N) is 1. The summed E-state index contributed by atoms with van der Waals surface area (Å²) in [5.74, 6) is 0. The third-order valence-electron chi connectivity index (χ3n) is 3.36. The van der Waals surface area contributed by atoms with Crippen LogP contribution < -0.4 is 10.5 Å². The summed E-state index contributed by atoms with van der Waals surface area (Å²) in [5, 5.41) is 0. The highest BCUT2D eigenvalue weighted by atomic mass is 79.9. The van der Waals surface area contributed by atoms with Gasteiger partial charge < -0.3 is 10.6 Å². The topological polar surface area (TPSA) is 75.4 Å². The molecule has 0 heterocycles. The first kappa shape index (κ1) is 18.4. The molecule has 0 saturated heterocycles. The second kappa shape index (κ2) is 8.12. The molecule has 0 aliphatic rings. The van der Waals surface area contributed by atoms with Crippen LogP contribution in [-0.4, -0.2) is 39.5 Å². The first-order chi connectivity index (χ1) is 9.81. The lowest BCUT2D eigenvalue weighted by Crippen LogP contribution is -2.35. The van der Waals surface area contributed by atoms with Gasteiger partial charge in [0.25, 0.3) is 0 Å². The number of rotatable bonds is 8. The molecule has 0 atom stereocenters. The molecule has 0 aliphatic heterocycles. The lowest BCUT2D eigenvalue weighted by molar-refractivity contribution is 0.293. The molecule has 1 rings (SSSR count). The molecule has 0 saturated carbocycles. The lowest BCUT2D eigenvalue weighted by atomic mass is 10.2. The molecule has 120 valence electrons. The molecule has 5 nitrogen and oxygen atoms in total. The van der Waals surface area contributed by atoms with Crippen LogP contribution in [0.1, 0.15) is 25.8 Å². The van der Waals surface area contributed by atoms with E-state index < -0.39 is 10.0 Å². The number of halogens is 1. The van der Waals surface area contributed by atoms with Gasteiger partial charge in [-0.25, -0.2) is 13.1 Å². The normalized spacial score (nSPS) is 12.0. The predicted molar refractivity (Wildman–Crippen MR) is 90.9 cm³/mol. The summed E-state index contributed by atoms with van der Waals surface area (Å²) in [5.41, 5.74) is 6.87. The standard InChI is InChI=1S/C14H24BrN3O2S/c1-4-7-18(5-2)8-6-17-21(19,20)14-10-12(15)9-13(16)11(14)3/h9-10,17H,4-8,16H2,1-3H3. The number of hydrogen-bond donors (Lipinski definition) is 2. The van der Waals surface area contributed by atoms with Crippen molar-refractivity contribution in [3.05, 3.63) is 22.2 Å². The van der Waals surface area contributed by atoms with Crippen LogP contribution in [0.2, 0.25) is 0 Å². The smallest absolute Gasteiger partial charge is 0.240 e. The number of benzene rings is 1. The van der Waals surface area contributed by atoms with E-state index in [0.29, 0.717) is 28.8 Å². The largest absolute Gasteiger partial charge is 0.398 e. The van der Waals surface area contributed by atoms with Crippen LogP contribution in [0.4, 0.5) is 5.69 Å². The summed E-state index contributed by atoms with van der Waals surface area (Å²) in [6.07, 6.45) is 1.06. The van der Waals surface area contributed by atoms with Gasteiger partial charge >= 0.3 is 0 Å². The number of nitrogen functional groups attached to an aromatic ring is 1. The summed E-state index contributed by atoms with van der Waals surface area (Å²) in [6, 6.07) is 3.28. The Labute approximate surface area is 136 Å². The summed E-state index contributed by atoms with van der Waals surface area (Å²) in [7, 11) is -3.54. The van der Waals surface area contributed by atoms with E-state index in [2.05, 4.69) is 39.4 Å². The molecule has 0 radical (unpaired) electrons. The predicted octanol–water partition coefficient (Wildman–Crippen LogP) is 2.35. The minimum Gasteiger partial charge on any atom is -0.398 e. The number of sulfonamides is 1. The second-order valence-electron chi connectivity index (χ2n) is 4.95. The molecule has 0 amide bonds. The highest BCUT2D eigenvalue weighted by molar-refractivity contribution is 9.10. The molecule has 3 N–H and O–H groups in total. The van der Waals surface area contributed by atoms with Gasteiger partial charge in [0.05, 0.1) is 4.90 Å². The number of nitrogens with one attached hydrogen (secondary N) is 1. The van der Waals surface area contributed by atoms with E-state index in [1.54, 1.807) is 19.1 Å². The molecule has 0 aliphatic carbocycles. The molecular weight excluding hydrogens is 354 g/mol. The van der Waals surface area contributed by atoms with Crippen LogP contribution in [0.15, 0.2) is 21.5 Å². The van der Waals surface area contributed by atoms with Crippen LogP contribution >= 0.6 is 15.9 Å². The fourth-order valence-corrected chi connectivity index (χ4v) is 4.06. The molecule has 0 bridgehead atoms. The van der Waals surface area contributed by atoms with Gasteiger partial charge in [0.15, 0.2) is 0 Å². The van der Waals surface area contributed by atoms with Crippen LogP contribution in [0.3, 0.4) is 0 Å². The van der Waals surface area contributed by atoms with E-state index in [4.69, 9.17) is 5.73 Å². The Balaban J connectivity index is 2.79. The maximum atomic E-state index is 12.4. The van der Waals surface area contributed by atoms with Gasteiger partial charge in [-0.15, -0.1) is 0 Å². The first-order valence-corrected chi connectivity index (χ1v) is 9.37. The number of likely N-dealkylation sites (N-methyl/N-ethyl adjacent to an activating group) is 1. The monoisotopic (exact) mass is 377 g/mol. The molecule has 1 aromatic rings. The van der Waals surface area contributed by atoms with Gasteiger partial charge in [-0.2, -0.15) is 0 Å². The van der Waals surface area contributed by atoms with E-state index in [1.807, 2.05) is 0 Å². The Hall–Kier alpha value is -0.630. The molecule has 0 aromatic heterocycles. The van der Waals surface area contributed by atoms with Crippen LogP contribution in [0, 0.1) is 6.92 Å².